The Hall–Kier alpha value is -3.35. The van der Waals surface area contributed by atoms with E-state index in [9.17, 15) is 13.6 Å². The van der Waals surface area contributed by atoms with Crippen molar-refractivity contribution < 1.29 is 18.3 Å². The van der Waals surface area contributed by atoms with Gasteiger partial charge in [-0.1, -0.05) is 19.3 Å². The van der Waals surface area contributed by atoms with Gasteiger partial charge in [0.1, 0.15) is 12.4 Å². The van der Waals surface area contributed by atoms with Gasteiger partial charge in [0.2, 0.25) is 0 Å². The summed E-state index contributed by atoms with van der Waals surface area (Å²) in [5.41, 5.74) is 4.05. The number of nitrogens with one attached hydrogen (secondary N) is 2. The first kappa shape index (κ1) is 25.0. The zero-order valence-corrected chi connectivity index (χ0v) is 21.7. The molecule has 2 N–H and O–H groups in total. The average Bonchev–Trinajstić information content (AvgIpc) is 3.29. The number of rotatable bonds is 8. The molecule has 200 valence electrons. The van der Waals surface area contributed by atoms with E-state index in [4.69, 9.17) is 4.74 Å². The van der Waals surface area contributed by atoms with Crippen molar-refractivity contribution in [2.45, 2.75) is 76.3 Å². The molecule has 2 heterocycles. The highest BCUT2D eigenvalue weighted by Gasteiger charge is 2.30. The molecule has 0 atom stereocenters. The summed E-state index contributed by atoms with van der Waals surface area (Å²) >= 11 is 0. The van der Waals surface area contributed by atoms with Gasteiger partial charge in [0.05, 0.1) is 11.3 Å². The molecule has 6 rings (SSSR count). The molecule has 2 aromatic carbocycles. The molecular weight excluding hydrogens is 484 g/mol. The topological polar surface area (TPSA) is 57.4 Å². The highest BCUT2D eigenvalue weighted by atomic mass is 19.1. The maximum atomic E-state index is 14.7. The van der Waals surface area contributed by atoms with Crippen molar-refractivity contribution in [2.75, 3.05) is 13.2 Å². The Morgan fingerprint density at radius 1 is 1.05 bits per heavy atom. The molecule has 5 nitrogen and oxygen atoms in total. The fourth-order valence-electron chi connectivity index (χ4n) is 6.15. The number of halogens is 2. The number of nitrogens with zero attached hydrogens (tertiary/aromatic N) is 1. The van der Waals surface area contributed by atoms with Gasteiger partial charge in [0.25, 0.3) is 5.91 Å². The standard InChI is InChI=1S/C31H35F2N3O2/c32-21-11-14-29-26(16-21)20(18-34-29)6-5-15-36(23-9-4-10-23)24-17-27-25(12-13-28(33)30(27)38-19-24)31(37)35-22-7-2-1-3-8-22/h11-14,16-18,22-23,34H,1-10,15,19H2,(H,35,37). The molecule has 0 bridgehead atoms. The van der Waals surface area contributed by atoms with E-state index in [1.165, 1.54) is 25.0 Å². The maximum absolute atomic E-state index is 14.7. The molecule has 1 aromatic heterocycles. The third-order valence-electron chi connectivity index (χ3n) is 8.47. The number of carbonyl (C=O) groups is 1. The van der Waals surface area contributed by atoms with Crippen molar-refractivity contribution in [1.29, 1.82) is 0 Å². The fraction of sp³-hybridized carbons (Fsp3) is 0.452. The van der Waals surface area contributed by atoms with Crippen molar-refractivity contribution in [3.8, 4) is 5.75 Å². The second kappa shape index (κ2) is 10.8. The smallest absolute Gasteiger partial charge is 0.252 e. The highest BCUT2D eigenvalue weighted by Crippen LogP contribution is 2.36. The zero-order valence-electron chi connectivity index (χ0n) is 21.7. The Morgan fingerprint density at radius 2 is 1.89 bits per heavy atom. The number of carbonyl (C=O) groups excluding carboxylic acids is 1. The SMILES string of the molecule is O=C(NC1CCCCC1)c1ccc(F)c2c1C=C(N(CCCc1c[nH]c3ccc(F)cc13)C1CCC1)CO2. The molecule has 1 aliphatic heterocycles. The lowest BCUT2D eigenvalue weighted by Crippen LogP contribution is -2.42. The van der Waals surface area contributed by atoms with Gasteiger partial charge in [-0.05, 0) is 86.9 Å². The van der Waals surface area contributed by atoms with E-state index in [1.54, 1.807) is 18.2 Å². The van der Waals surface area contributed by atoms with Gasteiger partial charge in [-0.25, -0.2) is 8.78 Å². The molecule has 2 aliphatic carbocycles. The van der Waals surface area contributed by atoms with Crippen LogP contribution in [0, 0.1) is 11.6 Å². The van der Waals surface area contributed by atoms with Crippen LogP contribution >= 0.6 is 0 Å². The van der Waals surface area contributed by atoms with Gasteiger partial charge in [-0.3, -0.25) is 4.79 Å². The number of H-pyrrole nitrogens is 1. The molecule has 3 aliphatic rings. The molecule has 0 unspecified atom stereocenters. The minimum Gasteiger partial charge on any atom is -0.484 e. The Bertz CT molecular complexity index is 1350. The van der Waals surface area contributed by atoms with Gasteiger partial charge in [0, 0.05) is 41.3 Å². The summed E-state index contributed by atoms with van der Waals surface area (Å²) in [6, 6.07) is 8.35. The van der Waals surface area contributed by atoms with Crippen molar-refractivity contribution in [3.05, 3.63) is 70.6 Å². The van der Waals surface area contributed by atoms with Gasteiger partial charge in [0.15, 0.2) is 11.6 Å². The molecule has 0 radical (unpaired) electrons. The van der Waals surface area contributed by atoms with Crippen molar-refractivity contribution in [1.82, 2.24) is 15.2 Å². The number of ether oxygens (including phenoxy) is 1. The lowest BCUT2D eigenvalue weighted by Gasteiger charge is -2.41. The first-order valence-electron chi connectivity index (χ1n) is 14.1. The summed E-state index contributed by atoms with van der Waals surface area (Å²) in [6.07, 6.45) is 14.5. The molecule has 2 fully saturated rings. The van der Waals surface area contributed by atoms with Crippen molar-refractivity contribution >= 4 is 22.9 Å². The van der Waals surface area contributed by atoms with Crippen molar-refractivity contribution in [3.63, 3.8) is 0 Å². The summed E-state index contributed by atoms with van der Waals surface area (Å²) in [5, 5.41) is 4.10. The molecule has 38 heavy (non-hydrogen) atoms. The predicted molar refractivity (Wildman–Crippen MR) is 145 cm³/mol. The van der Waals surface area contributed by atoms with Crippen molar-refractivity contribution in [2.24, 2.45) is 0 Å². The number of hydrogen-bond acceptors (Lipinski definition) is 3. The Kier molecular flexibility index (Phi) is 7.09. The fourth-order valence-corrected chi connectivity index (χ4v) is 6.15. The largest absolute Gasteiger partial charge is 0.484 e. The number of amides is 1. The van der Waals surface area contributed by atoms with Crippen LogP contribution in [-0.2, 0) is 6.42 Å². The third-order valence-corrected chi connectivity index (χ3v) is 8.47. The van der Waals surface area contributed by atoms with E-state index in [2.05, 4.69) is 15.2 Å². The Morgan fingerprint density at radius 3 is 2.68 bits per heavy atom. The molecule has 7 heteroatoms. The van der Waals surface area contributed by atoms with E-state index in [0.717, 1.165) is 80.1 Å². The summed E-state index contributed by atoms with van der Waals surface area (Å²) in [7, 11) is 0. The van der Waals surface area contributed by atoms with Crippen LogP contribution in [0.3, 0.4) is 0 Å². The lowest BCUT2D eigenvalue weighted by molar-refractivity contribution is 0.0926. The minimum atomic E-state index is -0.439. The second-order valence-electron chi connectivity index (χ2n) is 11.0. The van der Waals surface area contributed by atoms with Gasteiger partial charge >= 0.3 is 0 Å². The van der Waals surface area contributed by atoms with E-state index in [0.29, 0.717) is 17.2 Å². The van der Waals surface area contributed by atoms with E-state index in [-0.39, 0.29) is 30.1 Å². The third kappa shape index (κ3) is 5.03. The Labute approximate surface area is 222 Å². The zero-order chi connectivity index (χ0) is 26.1. The van der Waals surface area contributed by atoms with Crippen LogP contribution in [0.25, 0.3) is 17.0 Å². The molecule has 3 aromatic rings. The minimum absolute atomic E-state index is 0.156. The Balaban J connectivity index is 1.22. The van der Waals surface area contributed by atoms with Gasteiger partial charge in [-0.15, -0.1) is 0 Å². The maximum Gasteiger partial charge on any atom is 0.252 e. The quantitative estimate of drug-likeness (QED) is 0.347. The van der Waals surface area contributed by atoms with Crippen LogP contribution in [0.4, 0.5) is 8.78 Å². The van der Waals surface area contributed by atoms with E-state index < -0.39 is 5.82 Å². The average molecular weight is 520 g/mol. The number of fused-ring (bicyclic) bond motifs is 2. The van der Waals surface area contributed by atoms with Gasteiger partial charge < -0.3 is 19.9 Å². The normalized spacial score (nSPS) is 17.9. The molecule has 1 amide bonds. The number of hydrogen-bond donors (Lipinski definition) is 2. The predicted octanol–water partition coefficient (Wildman–Crippen LogP) is 6.73. The number of aromatic amines is 1. The molecule has 2 saturated carbocycles. The summed E-state index contributed by atoms with van der Waals surface area (Å²) in [4.78, 5) is 18.9. The summed E-state index contributed by atoms with van der Waals surface area (Å²) in [5.74, 6) is -0.658. The monoisotopic (exact) mass is 519 g/mol. The van der Waals surface area contributed by atoms with E-state index in [1.807, 2.05) is 12.3 Å². The lowest BCUT2D eigenvalue weighted by atomic mass is 9.90. The number of aromatic nitrogens is 1. The van der Waals surface area contributed by atoms with Crippen LogP contribution in [0.2, 0.25) is 0 Å². The van der Waals surface area contributed by atoms with Crippen LogP contribution in [0.15, 0.2) is 42.2 Å². The number of aryl methyl sites for hydroxylation is 1. The van der Waals surface area contributed by atoms with Crippen LogP contribution in [-0.4, -0.2) is 41.0 Å². The van der Waals surface area contributed by atoms with Crippen LogP contribution in [0.1, 0.15) is 79.3 Å². The highest BCUT2D eigenvalue weighted by molar-refractivity contribution is 5.99. The van der Waals surface area contributed by atoms with Crippen LogP contribution < -0.4 is 10.1 Å². The number of benzene rings is 2. The summed E-state index contributed by atoms with van der Waals surface area (Å²) < 4.78 is 34.5. The second-order valence-corrected chi connectivity index (χ2v) is 11.0. The molecule has 0 saturated heterocycles. The van der Waals surface area contributed by atoms with Crippen LogP contribution in [0.5, 0.6) is 5.75 Å². The van der Waals surface area contributed by atoms with E-state index >= 15 is 0 Å². The summed E-state index contributed by atoms with van der Waals surface area (Å²) in [6.45, 7) is 1.10. The van der Waals surface area contributed by atoms with Gasteiger partial charge in [-0.2, -0.15) is 0 Å². The first-order chi connectivity index (χ1) is 18.6. The first-order valence-corrected chi connectivity index (χ1v) is 14.1. The molecular formula is C31H35F2N3O2. The molecule has 0 spiro atoms.